The molecule has 4 heteroatoms. The number of thiophene rings is 1. The summed E-state index contributed by atoms with van der Waals surface area (Å²) < 4.78 is 5.45. The second-order valence-electron chi connectivity index (χ2n) is 4.30. The Kier molecular flexibility index (Phi) is 3.53. The molecular formula is C15H16N2OS. The van der Waals surface area contributed by atoms with Gasteiger partial charge in [-0.3, -0.25) is 0 Å². The zero-order valence-corrected chi connectivity index (χ0v) is 11.5. The molecule has 0 radical (unpaired) electrons. The van der Waals surface area contributed by atoms with Gasteiger partial charge in [0.05, 0.1) is 18.3 Å². The van der Waals surface area contributed by atoms with Crippen LogP contribution in [0.5, 0.6) is 5.75 Å². The van der Waals surface area contributed by atoms with Crippen molar-refractivity contribution in [2.45, 2.75) is 13.0 Å². The summed E-state index contributed by atoms with van der Waals surface area (Å²) in [5.41, 5.74) is 8.80. The summed E-state index contributed by atoms with van der Waals surface area (Å²) in [5, 5.41) is 2.10. The second kappa shape index (κ2) is 5.47. The Labute approximate surface area is 116 Å². The van der Waals surface area contributed by atoms with Crippen LogP contribution in [0.3, 0.4) is 0 Å². The highest BCUT2D eigenvalue weighted by atomic mass is 32.1. The van der Waals surface area contributed by atoms with Gasteiger partial charge in [-0.25, -0.2) is 5.43 Å². The fraction of sp³-hybridized carbons (Fsp3) is 0.200. The molecule has 98 valence electrons. The number of hydrazine groups is 1. The zero-order valence-electron chi connectivity index (χ0n) is 10.7. The summed E-state index contributed by atoms with van der Waals surface area (Å²) in [4.78, 5) is 1.31. The summed E-state index contributed by atoms with van der Waals surface area (Å²) in [6.07, 6.45) is 2.21. The van der Waals surface area contributed by atoms with Crippen molar-refractivity contribution in [3.05, 3.63) is 58.3 Å². The van der Waals surface area contributed by atoms with Crippen LogP contribution < -0.4 is 15.6 Å². The van der Waals surface area contributed by atoms with Gasteiger partial charge in [0.1, 0.15) is 5.75 Å². The van der Waals surface area contributed by atoms with Crippen molar-refractivity contribution in [1.29, 1.82) is 0 Å². The summed E-state index contributed by atoms with van der Waals surface area (Å²) in [7, 11) is 0. The van der Waals surface area contributed by atoms with E-state index in [1.165, 1.54) is 4.88 Å². The Bertz CT molecular complexity index is 560. The van der Waals surface area contributed by atoms with Gasteiger partial charge in [-0.05, 0) is 54.3 Å². The Morgan fingerprint density at radius 1 is 1.21 bits per heavy atom. The minimum absolute atomic E-state index is 0.251. The molecule has 0 saturated carbocycles. The standard InChI is InChI=1S/C15H16N2OS/c1-2-18-12-7-5-11(6-8-12)13-10-14(17-16-13)15-4-3-9-19-15/h3-10,14,16-17H,2H2,1H3. The number of benzene rings is 1. The average molecular weight is 272 g/mol. The van der Waals surface area contributed by atoms with E-state index in [2.05, 4.69) is 46.6 Å². The molecule has 0 bridgehead atoms. The van der Waals surface area contributed by atoms with E-state index >= 15 is 0 Å². The monoisotopic (exact) mass is 272 g/mol. The first-order valence-electron chi connectivity index (χ1n) is 6.37. The number of hydrogen-bond acceptors (Lipinski definition) is 4. The topological polar surface area (TPSA) is 33.3 Å². The van der Waals surface area contributed by atoms with E-state index in [0.717, 1.165) is 17.0 Å². The van der Waals surface area contributed by atoms with E-state index in [0.29, 0.717) is 6.61 Å². The van der Waals surface area contributed by atoms with Crippen molar-refractivity contribution >= 4 is 17.0 Å². The van der Waals surface area contributed by atoms with Crippen molar-refractivity contribution in [2.75, 3.05) is 6.61 Å². The third-order valence-corrected chi connectivity index (χ3v) is 3.98. The van der Waals surface area contributed by atoms with Crippen molar-refractivity contribution in [3.63, 3.8) is 0 Å². The van der Waals surface area contributed by atoms with E-state index in [1.807, 2.05) is 19.1 Å². The van der Waals surface area contributed by atoms with Crippen molar-refractivity contribution in [1.82, 2.24) is 10.9 Å². The molecule has 0 saturated heterocycles. The maximum absolute atomic E-state index is 5.45. The largest absolute Gasteiger partial charge is 0.494 e. The molecule has 1 unspecified atom stereocenters. The Morgan fingerprint density at radius 3 is 2.74 bits per heavy atom. The summed E-state index contributed by atoms with van der Waals surface area (Å²) in [6, 6.07) is 12.6. The minimum atomic E-state index is 0.251. The Hall–Kier alpha value is -1.78. The number of rotatable bonds is 4. The van der Waals surface area contributed by atoms with E-state index in [9.17, 15) is 0 Å². The fourth-order valence-corrected chi connectivity index (χ4v) is 2.84. The second-order valence-corrected chi connectivity index (χ2v) is 5.28. The fourth-order valence-electron chi connectivity index (χ4n) is 2.09. The lowest BCUT2D eigenvalue weighted by Gasteiger charge is -2.07. The molecule has 0 fully saturated rings. The molecule has 1 aromatic heterocycles. The number of hydrogen-bond donors (Lipinski definition) is 2. The van der Waals surface area contributed by atoms with Gasteiger partial charge in [0, 0.05) is 4.88 Å². The third kappa shape index (κ3) is 2.64. The highest BCUT2D eigenvalue weighted by molar-refractivity contribution is 7.10. The first-order valence-corrected chi connectivity index (χ1v) is 7.25. The first-order chi connectivity index (χ1) is 9.36. The zero-order chi connectivity index (χ0) is 13.1. The molecule has 1 aromatic carbocycles. The molecule has 2 aromatic rings. The molecule has 1 aliphatic heterocycles. The molecule has 2 heterocycles. The van der Waals surface area contributed by atoms with Crippen LogP contribution in [0.2, 0.25) is 0 Å². The molecular weight excluding hydrogens is 256 g/mol. The van der Waals surface area contributed by atoms with Crippen molar-refractivity contribution < 1.29 is 4.74 Å². The van der Waals surface area contributed by atoms with Gasteiger partial charge < -0.3 is 10.2 Å². The molecule has 0 spiro atoms. The van der Waals surface area contributed by atoms with Crippen LogP contribution in [-0.4, -0.2) is 6.61 Å². The maximum Gasteiger partial charge on any atom is 0.119 e. The van der Waals surface area contributed by atoms with Crippen LogP contribution in [0.25, 0.3) is 5.70 Å². The SMILES string of the molecule is CCOc1ccc(C2=CC(c3cccs3)NN2)cc1. The van der Waals surface area contributed by atoms with Gasteiger partial charge in [0.15, 0.2) is 0 Å². The molecule has 0 aliphatic carbocycles. The number of nitrogens with one attached hydrogen (secondary N) is 2. The molecule has 1 atom stereocenters. The van der Waals surface area contributed by atoms with E-state index < -0.39 is 0 Å². The van der Waals surface area contributed by atoms with E-state index in [-0.39, 0.29) is 6.04 Å². The van der Waals surface area contributed by atoms with Gasteiger partial charge in [-0.2, -0.15) is 0 Å². The third-order valence-electron chi connectivity index (χ3n) is 3.02. The highest BCUT2D eigenvalue weighted by Gasteiger charge is 2.17. The van der Waals surface area contributed by atoms with Crippen LogP contribution in [0, 0.1) is 0 Å². The molecule has 2 N–H and O–H groups in total. The Morgan fingerprint density at radius 2 is 2.05 bits per heavy atom. The van der Waals surface area contributed by atoms with Gasteiger partial charge in [-0.1, -0.05) is 6.07 Å². The predicted octanol–water partition coefficient (Wildman–Crippen LogP) is 3.34. The van der Waals surface area contributed by atoms with Gasteiger partial charge in [-0.15, -0.1) is 11.3 Å². The first kappa shape index (κ1) is 12.3. The average Bonchev–Trinajstić information content (AvgIpc) is 3.11. The predicted molar refractivity (Wildman–Crippen MR) is 78.9 cm³/mol. The van der Waals surface area contributed by atoms with Crippen molar-refractivity contribution in [2.24, 2.45) is 0 Å². The quantitative estimate of drug-likeness (QED) is 0.895. The van der Waals surface area contributed by atoms with Crippen LogP contribution in [0.4, 0.5) is 0 Å². The van der Waals surface area contributed by atoms with E-state index in [1.54, 1.807) is 11.3 Å². The molecule has 19 heavy (non-hydrogen) atoms. The van der Waals surface area contributed by atoms with Crippen LogP contribution >= 0.6 is 11.3 Å². The van der Waals surface area contributed by atoms with Crippen LogP contribution in [0.1, 0.15) is 23.4 Å². The van der Waals surface area contributed by atoms with E-state index in [4.69, 9.17) is 4.74 Å². The van der Waals surface area contributed by atoms with Gasteiger partial charge in [0.25, 0.3) is 0 Å². The van der Waals surface area contributed by atoms with Crippen molar-refractivity contribution in [3.8, 4) is 5.75 Å². The summed E-state index contributed by atoms with van der Waals surface area (Å²) in [5.74, 6) is 0.910. The molecule has 0 amide bonds. The smallest absolute Gasteiger partial charge is 0.119 e. The van der Waals surface area contributed by atoms with Crippen LogP contribution in [-0.2, 0) is 0 Å². The normalized spacial score (nSPS) is 17.9. The maximum atomic E-state index is 5.45. The van der Waals surface area contributed by atoms with Gasteiger partial charge in [0.2, 0.25) is 0 Å². The molecule has 1 aliphatic rings. The Balaban J connectivity index is 1.77. The highest BCUT2D eigenvalue weighted by Crippen LogP contribution is 2.27. The lowest BCUT2D eigenvalue weighted by molar-refractivity contribution is 0.340. The molecule has 3 rings (SSSR count). The lowest BCUT2D eigenvalue weighted by Crippen LogP contribution is -2.25. The summed E-state index contributed by atoms with van der Waals surface area (Å²) in [6.45, 7) is 2.69. The number of ether oxygens (including phenoxy) is 1. The summed E-state index contributed by atoms with van der Waals surface area (Å²) >= 11 is 1.76. The lowest BCUT2D eigenvalue weighted by atomic mass is 10.1. The van der Waals surface area contributed by atoms with Gasteiger partial charge >= 0.3 is 0 Å². The molecule has 3 nitrogen and oxygen atoms in total. The van der Waals surface area contributed by atoms with Crippen LogP contribution in [0.15, 0.2) is 47.9 Å². The minimum Gasteiger partial charge on any atom is -0.494 e.